The van der Waals surface area contributed by atoms with Crippen LogP contribution in [0, 0.1) is 24.3 Å². The molecule has 0 aliphatic carbocycles. The molecule has 0 atom stereocenters. The Bertz CT molecular complexity index is 2640. The summed E-state index contributed by atoms with van der Waals surface area (Å²) in [5.74, 6) is 1.57. The SMILES string of the molecule is CC(C)(C)c1ccnc(-c2[c-]cccc2)n1.[B].[Ir].[Y].[c-]1ccc(-c2[c-]c3ccc4ccccc4c3cc2)[c-]c1-c1nc2ccccc2n1-c1ccccc1. The van der Waals surface area contributed by atoms with Crippen LogP contribution in [0.1, 0.15) is 26.5 Å². The fraction of sp³-hybridized carbons (Fsp3) is 0.0851. The third-order valence-electron chi connectivity index (χ3n) is 8.86. The van der Waals surface area contributed by atoms with Crippen LogP contribution in [0.4, 0.5) is 0 Å². The number of imidazole rings is 1. The molecule has 261 valence electrons. The van der Waals surface area contributed by atoms with Crippen molar-refractivity contribution in [2.75, 3.05) is 0 Å². The number of para-hydroxylation sites is 3. The van der Waals surface area contributed by atoms with E-state index in [2.05, 4.69) is 126 Å². The van der Waals surface area contributed by atoms with E-state index in [9.17, 15) is 0 Å². The molecule has 0 unspecified atom stereocenters. The predicted molar refractivity (Wildman–Crippen MR) is 214 cm³/mol. The van der Waals surface area contributed by atoms with Gasteiger partial charge in [-0.25, -0.2) is 6.07 Å². The van der Waals surface area contributed by atoms with Crippen molar-refractivity contribution in [3.05, 3.63) is 182 Å². The van der Waals surface area contributed by atoms with Gasteiger partial charge in [0, 0.05) is 84.2 Å². The maximum absolute atomic E-state index is 4.97. The van der Waals surface area contributed by atoms with Crippen molar-refractivity contribution in [1.82, 2.24) is 19.5 Å². The molecule has 2 heterocycles. The Kier molecular flexibility index (Phi) is 13.3. The summed E-state index contributed by atoms with van der Waals surface area (Å²) in [6.07, 6.45) is 1.81. The van der Waals surface area contributed by atoms with Gasteiger partial charge in [-0.2, -0.15) is 5.56 Å². The van der Waals surface area contributed by atoms with Crippen molar-refractivity contribution in [1.29, 1.82) is 0 Å². The Morgan fingerprint density at radius 3 is 2.13 bits per heavy atom. The summed E-state index contributed by atoms with van der Waals surface area (Å²) in [5, 5.41) is 4.79. The molecule has 7 aromatic carbocycles. The molecule has 4 nitrogen and oxygen atoms in total. The fourth-order valence-corrected chi connectivity index (χ4v) is 6.26. The summed E-state index contributed by atoms with van der Waals surface area (Å²) in [6.45, 7) is 6.44. The van der Waals surface area contributed by atoms with Crippen LogP contribution >= 0.6 is 0 Å². The first-order valence-electron chi connectivity index (χ1n) is 17.0. The molecule has 2 aromatic heterocycles. The van der Waals surface area contributed by atoms with Crippen LogP contribution in [0.2, 0.25) is 0 Å². The topological polar surface area (TPSA) is 43.6 Å². The van der Waals surface area contributed by atoms with Crippen LogP contribution in [0.25, 0.3) is 72.2 Å². The monoisotopic (exact) mass is 947 g/mol. The van der Waals surface area contributed by atoms with E-state index in [-0.39, 0.29) is 66.6 Å². The Balaban J connectivity index is 0.000000252. The van der Waals surface area contributed by atoms with Crippen LogP contribution in [0.3, 0.4) is 0 Å². The van der Waals surface area contributed by atoms with Crippen LogP contribution < -0.4 is 0 Å². The number of nitrogens with zero attached hydrogens (tertiary/aromatic N) is 4. The molecule has 0 saturated heterocycles. The van der Waals surface area contributed by atoms with Gasteiger partial charge < -0.3 is 15.6 Å². The fourth-order valence-electron chi connectivity index (χ4n) is 6.26. The Morgan fingerprint density at radius 2 is 1.33 bits per heavy atom. The van der Waals surface area contributed by atoms with Crippen LogP contribution in [-0.4, -0.2) is 27.9 Å². The molecule has 7 heteroatoms. The standard InChI is InChI=1S/C33H19N2.C14H15N2.B.Ir.Y/c1-2-12-28(13-3-1)35-32-16-7-6-15-31(32)34-33(35)27-11-8-10-24(22-27)25-19-20-30-26(21-25)18-17-23-9-4-5-14-29(23)30;1-14(2,3)12-9-10-15-13(16-12)11-7-5-4-6-8-11;;;/h1-10,12-20H;4-7,9-10H,1-3H3;;;/q-3;-1;;;. The van der Waals surface area contributed by atoms with E-state index in [0.29, 0.717) is 0 Å². The summed E-state index contributed by atoms with van der Waals surface area (Å²) in [4.78, 5) is 13.8. The van der Waals surface area contributed by atoms with Crippen molar-refractivity contribution in [2.45, 2.75) is 26.2 Å². The third kappa shape index (κ3) is 8.54. The van der Waals surface area contributed by atoms with E-state index in [1.807, 2.05) is 85.1 Å². The molecule has 54 heavy (non-hydrogen) atoms. The normalized spacial score (nSPS) is 10.8. The number of hydrogen-bond acceptors (Lipinski definition) is 3. The van der Waals surface area contributed by atoms with E-state index in [0.717, 1.165) is 61.7 Å². The van der Waals surface area contributed by atoms with E-state index in [4.69, 9.17) is 4.98 Å². The first kappa shape index (κ1) is 40.6. The number of hydrogen-bond donors (Lipinski definition) is 0. The van der Waals surface area contributed by atoms with Gasteiger partial charge in [0.15, 0.2) is 0 Å². The minimum atomic E-state index is 0. The van der Waals surface area contributed by atoms with Gasteiger partial charge in [0.05, 0.1) is 16.9 Å². The van der Waals surface area contributed by atoms with Crippen molar-refractivity contribution < 1.29 is 52.8 Å². The van der Waals surface area contributed by atoms with Gasteiger partial charge in [-0.15, -0.1) is 65.5 Å². The maximum Gasteiger partial charge on any atom is 0.0751 e. The van der Waals surface area contributed by atoms with E-state index in [1.165, 1.54) is 16.2 Å². The zero-order valence-corrected chi connectivity index (χ0v) is 35.4. The first-order valence-corrected chi connectivity index (χ1v) is 17.0. The molecule has 5 radical (unpaired) electrons. The first-order chi connectivity index (χ1) is 24.9. The summed E-state index contributed by atoms with van der Waals surface area (Å²) in [6, 6.07) is 63.1. The number of aromatic nitrogens is 4. The molecule has 0 N–H and O–H groups in total. The zero-order valence-electron chi connectivity index (χ0n) is 30.2. The number of benzene rings is 7. The van der Waals surface area contributed by atoms with E-state index >= 15 is 0 Å². The maximum atomic E-state index is 4.97. The Labute approximate surface area is 357 Å². The number of fused-ring (bicyclic) bond motifs is 4. The summed E-state index contributed by atoms with van der Waals surface area (Å²) in [5.41, 5.74) is 7.91. The second-order valence-corrected chi connectivity index (χ2v) is 13.4. The van der Waals surface area contributed by atoms with Gasteiger partial charge in [0.1, 0.15) is 0 Å². The second kappa shape index (κ2) is 17.7. The van der Waals surface area contributed by atoms with Gasteiger partial charge in [-0.1, -0.05) is 86.8 Å². The average molecular weight is 947 g/mol. The molecule has 0 saturated carbocycles. The van der Waals surface area contributed by atoms with Gasteiger partial charge in [-0.05, 0) is 46.9 Å². The smallest absolute Gasteiger partial charge is 0.0751 e. The van der Waals surface area contributed by atoms with Crippen LogP contribution in [-0.2, 0) is 58.2 Å². The predicted octanol–water partition coefficient (Wildman–Crippen LogP) is 10.9. The quantitative estimate of drug-likeness (QED) is 0.100. The van der Waals surface area contributed by atoms with Gasteiger partial charge in [0.25, 0.3) is 0 Å². The molecule has 9 rings (SSSR count). The summed E-state index contributed by atoms with van der Waals surface area (Å²) in [7, 11) is 0. The van der Waals surface area contributed by atoms with Crippen LogP contribution in [0.15, 0.2) is 152 Å². The summed E-state index contributed by atoms with van der Waals surface area (Å²) < 4.78 is 2.18. The van der Waals surface area contributed by atoms with Crippen molar-refractivity contribution in [2.24, 2.45) is 0 Å². The van der Waals surface area contributed by atoms with Crippen LogP contribution in [0.5, 0.6) is 0 Å². The Morgan fingerprint density at radius 1 is 0.593 bits per heavy atom. The molecule has 0 fully saturated rings. The largest absolute Gasteiger partial charge is 0.374 e. The minimum Gasteiger partial charge on any atom is -0.374 e. The molecular weight excluding hydrogens is 912 g/mol. The summed E-state index contributed by atoms with van der Waals surface area (Å²) >= 11 is 0. The molecule has 0 aliphatic heterocycles. The molecule has 0 bridgehead atoms. The zero-order chi connectivity index (χ0) is 34.8. The van der Waals surface area contributed by atoms with Crippen molar-refractivity contribution in [3.63, 3.8) is 0 Å². The molecule has 9 aromatic rings. The average Bonchev–Trinajstić information content (AvgIpc) is 3.58. The van der Waals surface area contributed by atoms with Crippen molar-refractivity contribution >= 4 is 41.0 Å². The van der Waals surface area contributed by atoms with Gasteiger partial charge >= 0.3 is 0 Å². The van der Waals surface area contributed by atoms with Gasteiger partial charge in [0.2, 0.25) is 0 Å². The van der Waals surface area contributed by atoms with E-state index < -0.39 is 0 Å². The molecule has 0 aliphatic rings. The third-order valence-corrected chi connectivity index (χ3v) is 8.86. The second-order valence-electron chi connectivity index (χ2n) is 13.4. The van der Waals surface area contributed by atoms with E-state index in [1.54, 1.807) is 0 Å². The Hall–Kier alpha value is -4.57. The van der Waals surface area contributed by atoms with Gasteiger partial charge in [-0.3, -0.25) is 33.2 Å². The molecule has 0 amide bonds. The molecule has 0 spiro atoms. The van der Waals surface area contributed by atoms with Crippen molar-refractivity contribution in [3.8, 4) is 39.6 Å². The molecular formula is C47H34BIrN4Y-4. The minimum absolute atomic E-state index is 0. The number of rotatable bonds is 4.